The minimum Gasteiger partial charge on any atom is -0.464 e. The maximum atomic E-state index is 12.1. The molecule has 0 radical (unpaired) electrons. The topological polar surface area (TPSA) is 96.0 Å². The van der Waals surface area contributed by atoms with E-state index in [9.17, 15) is 17.8 Å². The van der Waals surface area contributed by atoms with Gasteiger partial charge in [0.2, 0.25) is 0 Å². The van der Waals surface area contributed by atoms with Crippen LogP contribution in [-0.4, -0.2) is 33.9 Å². The van der Waals surface area contributed by atoms with Gasteiger partial charge in [-0.3, -0.25) is 0 Å². The number of ether oxygens (including phenoxy) is 1. The third-order valence-corrected chi connectivity index (χ3v) is 5.03. The molecule has 1 rings (SSSR count). The molecular formula is C12H16O7PS+. The van der Waals surface area contributed by atoms with Gasteiger partial charge in [0.25, 0.3) is 0 Å². The van der Waals surface area contributed by atoms with Gasteiger partial charge in [0, 0.05) is 0 Å². The Balaban J connectivity index is 3.03. The SMILES string of the molecule is CCO[P+](=O)C(OS(=O)(=O)c1ccc(C)cc1)C(=O)OC. The predicted molar refractivity (Wildman–Crippen MR) is 74.5 cm³/mol. The Kier molecular flexibility index (Phi) is 6.42. The number of esters is 1. The summed E-state index contributed by atoms with van der Waals surface area (Å²) in [5.74, 6) is -2.92. The van der Waals surface area contributed by atoms with Crippen molar-refractivity contribution in [3.63, 3.8) is 0 Å². The number of benzene rings is 1. The lowest BCUT2D eigenvalue weighted by atomic mass is 10.2. The van der Waals surface area contributed by atoms with E-state index in [1.54, 1.807) is 26.0 Å². The summed E-state index contributed by atoms with van der Waals surface area (Å²) in [6.07, 6.45) is 0. The zero-order chi connectivity index (χ0) is 16.0. The molecule has 0 amide bonds. The van der Waals surface area contributed by atoms with Crippen LogP contribution in [0.15, 0.2) is 29.2 Å². The molecule has 7 nitrogen and oxygen atoms in total. The molecule has 2 atom stereocenters. The molecule has 0 aliphatic carbocycles. The average molecular weight is 335 g/mol. The van der Waals surface area contributed by atoms with Crippen molar-refractivity contribution in [3.05, 3.63) is 29.8 Å². The average Bonchev–Trinajstić information content (AvgIpc) is 2.44. The van der Waals surface area contributed by atoms with Crippen LogP contribution in [0.1, 0.15) is 12.5 Å². The van der Waals surface area contributed by atoms with E-state index >= 15 is 0 Å². The fraction of sp³-hybridized carbons (Fsp3) is 0.417. The number of carbonyl (C=O) groups is 1. The second-order valence-electron chi connectivity index (χ2n) is 3.94. The number of hydrogen-bond donors (Lipinski definition) is 0. The molecule has 0 heterocycles. The van der Waals surface area contributed by atoms with Crippen LogP contribution in [0.5, 0.6) is 0 Å². The number of carbonyl (C=O) groups excluding carboxylic acids is 1. The first kappa shape index (κ1) is 17.7. The molecule has 0 saturated carbocycles. The van der Waals surface area contributed by atoms with E-state index in [-0.39, 0.29) is 11.5 Å². The van der Waals surface area contributed by atoms with Gasteiger partial charge in [0.15, 0.2) is 0 Å². The van der Waals surface area contributed by atoms with Gasteiger partial charge in [-0.05, 0) is 30.5 Å². The van der Waals surface area contributed by atoms with Crippen molar-refractivity contribution in [2.24, 2.45) is 0 Å². The monoisotopic (exact) mass is 335 g/mol. The highest BCUT2D eigenvalue weighted by atomic mass is 32.2. The van der Waals surface area contributed by atoms with E-state index in [4.69, 9.17) is 8.71 Å². The van der Waals surface area contributed by atoms with Crippen molar-refractivity contribution in [2.75, 3.05) is 13.7 Å². The zero-order valence-corrected chi connectivity index (χ0v) is 13.5. The number of hydrogen-bond acceptors (Lipinski definition) is 7. The molecule has 0 aromatic heterocycles. The van der Waals surface area contributed by atoms with Gasteiger partial charge in [-0.15, -0.1) is 4.52 Å². The van der Waals surface area contributed by atoms with Gasteiger partial charge < -0.3 is 4.74 Å². The Hall–Kier alpha value is -1.34. The zero-order valence-electron chi connectivity index (χ0n) is 11.8. The van der Waals surface area contributed by atoms with Gasteiger partial charge in [-0.2, -0.15) is 8.42 Å². The highest BCUT2D eigenvalue weighted by Crippen LogP contribution is 2.33. The first-order valence-corrected chi connectivity index (χ1v) is 8.64. The summed E-state index contributed by atoms with van der Waals surface area (Å²) in [6, 6.07) is 5.80. The summed E-state index contributed by atoms with van der Waals surface area (Å²) >= 11 is 0. The van der Waals surface area contributed by atoms with Crippen LogP contribution < -0.4 is 0 Å². The molecule has 0 aliphatic rings. The molecule has 0 saturated heterocycles. The van der Waals surface area contributed by atoms with Crippen molar-refractivity contribution in [1.82, 2.24) is 0 Å². The van der Waals surface area contributed by atoms with Gasteiger partial charge in [0.1, 0.15) is 0 Å². The van der Waals surface area contributed by atoms with E-state index in [1.165, 1.54) is 12.1 Å². The highest BCUT2D eigenvalue weighted by Gasteiger charge is 2.46. The molecule has 0 fully saturated rings. The standard InChI is InChI=1S/C12H16O7PS/c1-4-18-20(14)12(11(13)17-3)19-21(15,16)10-7-5-9(2)6-8-10/h5-8,12H,4H2,1-3H3/q+1. The lowest BCUT2D eigenvalue weighted by Gasteiger charge is -2.07. The predicted octanol–water partition coefficient (Wildman–Crippen LogP) is 1.98. The summed E-state index contributed by atoms with van der Waals surface area (Å²) in [5, 5.41) is 0. The normalized spacial score (nSPS) is 13.6. The van der Waals surface area contributed by atoms with Crippen molar-refractivity contribution in [2.45, 2.75) is 24.6 Å². The second-order valence-corrected chi connectivity index (χ2v) is 6.81. The van der Waals surface area contributed by atoms with Crippen LogP contribution in [0.3, 0.4) is 0 Å². The lowest BCUT2D eigenvalue weighted by molar-refractivity contribution is -0.145. The molecule has 21 heavy (non-hydrogen) atoms. The van der Waals surface area contributed by atoms with E-state index in [1.807, 2.05) is 0 Å². The maximum Gasteiger partial charge on any atom is 0.554 e. The maximum absolute atomic E-state index is 12.1. The summed E-state index contributed by atoms with van der Waals surface area (Å²) in [7, 11) is -5.90. The smallest absolute Gasteiger partial charge is 0.464 e. The fourth-order valence-corrected chi connectivity index (χ4v) is 3.52. The van der Waals surface area contributed by atoms with E-state index in [2.05, 4.69) is 4.74 Å². The Morgan fingerprint density at radius 1 is 1.29 bits per heavy atom. The van der Waals surface area contributed by atoms with Crippen LogP contribution in [0.25, 0.3) is 0 Å². The van der Waals surface area contributed by atoms with E-state index in [0.29, 0.717) is 0 Å². The third kappa shape index (κ3) is 4.86. The summed E-state index contributed by atoms with van der Waals surface area (Å²) < 4.78 is 49.7. The Morgan fingerprint density at radius 2 is 1.86 bits per heavy atom. The molecule has 1 aromatic rings. The fourth-order valence-electron chi connectivity index (χ4n) is 1.34. The van der Waals surface area contributed by atoms with Crippen LogP contribution >= 0.6 is 8.03 Å². The number of aryl methyl sites for hydroxylation is 1. The van der Waals surface area contributed by atoms with Crippen molar-refractivity contribution >= 4 is 24.1 Å². The van der Waals surface area contributed by atoms with Gasteiger partial charge in [-0.1, -0.05) is 17.7 Å². The molecular weight excluding hydrogens is 319 g/mol. The largest absolute Gasteiger partial charge is 0.554 e. The van der Waals surface area contributed by atoms with Crippen molar-refractivity contribution < 1.29 is 31.2 Å². The number of methoxy groups -OCH3 is 1. The Bertz CT molecular complexity index is 609. The summed E-state index contributed by atoms with van der Waals surface area (Å²) in [6.45, 7) is 3.38. The molecule has 1 aromatic carbocycles. The van der Waals surface area contributed by atoms with Crippen LogP contribution in [0, 0.1) is 6.92 Å². The molecule has 0 spiro atoms. The molecule has 0 bridgehead atoms. The third-order valence-electron chi connectivity index (χ3n) is 2.38. The first-order valence-electron chi connectivity index (χ1n) is 5.99. The van der Waals surface area contributed by atoms with Gasteiger partial charge in [-0.25, -0.2) is 8.98 Å². The molecule has 0 N–H and O–H groups in total. The molecule has 2 unspecified atom stereocenters. The van der Waals surface area contributed by atoms with Crippen molar-refractivity contribution in [1.29, 1.82) is 0 Å². The molecule has 0 aliphatic heterocycles. The first-order chi connectivity index (χ1) is 9.81. The molecule has 116 valence electrons. The van der Waals surface area contributed by atoms with Crippen molar-refractivity contribution in [3.8, 4) is 0 Å². The van der Waals surface area contributed by atoms with Gasteiger partial charge in [0.05, 0.1) is 18.6 Å². The van der Waals surface area contributed by atoms with E-state index < -0.39 is 30.0 Å². The summed E-state index contributed by atoms with van der Waals surface area (Å²) in [5.41, 5.74) is 0.860. The van der Waals surface area contributed by atoms with Crippen LogP contribution in [-0.2, 0) is 32.9 Å². The Morgan fingerprint density at radius 3 is 2.33 bits per heavy atom. The minimum absolute atomic E-state index is 0.0383. The quantitative estimate of drug-likeness (QED) is 0.427. The summed E-state index contributed by atoms with van der Waals surface area (Å²) in [4.78, 5) is 11.4. The highest BCUT2D eigenvalue weighted by molar-refractivity contribution is 7.87. The minimum atomic E-state index is -4.26. The number of rotatable bonds is 7. The van der Waals surface area contributed by atoms with Crippen LogP contribution in [0.4, 0.5) is 0 Å². The Labute approximate surface area is 124 Å². The van der Waals surface area contributed by atoms with Crippen LogP contribution in [0.2, 0.25) is 0 Å². The van der Waals surface area contributed by atoms with E-state index in [0.717, 1.165) is 12.7 Å². The second kappa shape index (κ2) is 7.61. The molecule has 9 heteroatoms. The lowest BCUT2D eigenvalue weighted by Crippen LogP contribution is -2.26. The van der Waals surface area contributed by atoms with Gasteiger partial charge >= 0.3 is 30.0 Å².